The van der Waals surface area contributed by atoms with Gasteiger partial charge in [-0.15, -0.1) is 0 Å². The minimum absolute atomic E-state index is 0.0411. The molecule has 9 nitrogen and oxygen atoms in total. The van der Waals surface area contributed by atoms with E-state index in [2.05, 4.69) is 74.6 Å². The highest BCUT2D eigenvalue weighted by Gasteiger charge is 2.21. The molecule has 0 spiro atoms. The van der Waals surface area contributed by atoms with Gasteiger partial charge in [-0.2, -0.15) is 0 Å². The smallest absolute Gasteiger partial charge is 0.306 e. The molecule has 0 rings (SSSR count). The van der Waals surface area contributed by atoms with Gasteiger partial charge in [0.15, 0.2) is 6.10 Å². The van der Waals surface area contributed by atoms with Gasteiger partial charge >= 0.3 is 11.9 Å². The number of phosphoric ester groups is 1. The number of phosphoric acid groups is 1. The monoisotopic (exact) mass is 808 g/mol. The zero-order valence-electron chi connectivity index (χ0n) is 36.3. The van der Waals surface area contributed by atoms with Crippen LogP contribution in [0.1, 0.15) is 168 Å². The number of quaternary nitrogens is 1. The van der Waals surface area contributed by atoms with Crippen molar-refractivity contribution < 1.29 is 42.1 Å². The Kier molecular flexibility index (Phi) is 36.7. The second-order valence-corrected chi connectivity index (χ2v) is 17.1. The molecule has 0 radical (unpaired) electrons. The third-order valence-corrected chi connectivity index (χ3v) is 9.97. The molecule has 0 aromatic carbocycles. The van der Waals surface area contributed by atoms with E-state index in [1.807, 2.05) is 21.1 Å². The highest BCUT2D eigenvalue weighted by Crippen LogP contribution is 2.38. The first-order valence-electron chi connectivity index (χ1n) is 22.0. The van der Waals surface area contributed by atoms with Crippen LogP contribution >= 0.6 is 7.82 Å². The van der Waals surface area contributed by atoms with Crippen molar-refractivity contribution >= 4 is 19.8 Å². The summed E-state index contributed by atoms with van der Waals surface area (Å²) in [6, 6.07) is 0. The van der Waals surface area contributed by atoms with Crippen molar-refractivity contribution in [3.63, 3.8) is 0 Å². The van der Waals surface area contributed by atoms with Crippen LogP contribution in [0.4, 0.5) is 0 Å². The van der Waals surface area contributed by atoms with E-state index in [1.165, 1.54) is 57.8 Å². The van der Waals surface area contributed by atoms with Crippen LogP contribution in [0.25, 0.3) is 0 Å². The molecule has 2 atom stereocenters. The minimum atomic E-state index is -4.64. The number of esters is 2. The summed E-state index contributed by atoms with van der Waals surface area (Å²) in [6.45, 7) is 4.12. The Morgan fingerprint density at radius 1 is 0.554 bits per heavy atom. The summed E-state index contributed by atoms with van der Waals surface area (Å²) < 4.78 is 33.8. The molecule has 10 heteroatoms. The van der Waals surface area contributed by atoms with Crippen LogP contribution in [-0.2, 0) is 32.7 Å². The Balaban J connectivity index is 4.45. The quantitative estimate of drug-likeness (QED) is 0.0198. The van der Waals surface area contributed by atoms with Crippen LogP contribution in [0, 0.1) is 0 Å². The van der Waals surface area contributed by atoms with E-state index in [9.17, 15) is 19.0 Å². The van der Waals surface area contributed by atoms with E-state index in [0.717, 1.165) is 70.6 Å². The Hall–Kier alpha value is -2.29. The van der Waals surface area contributed by atoms with Crippen LogP contribution in [0.3, 0.4) is 0 Å². The molecular weight excluding hydrogens is 725 g/mol. The lowest BCUT2D eigenvalue weighted by Gasteiger charge is -2.28. The zero-order valence-corrected chi connectivity index (χ0v) is 37.2. The maximum atomic E-state index is 12.7. The van der Waals surface area contributed by atoms with Crippen LogP contribution in [-0.4, -0.2) is 70.0 Å². The molecule has 0 aliphatic heterocycles. The van der Waals surface area contributed by atoms with E-state index in [1.54, 1.807) is 0 Å². The van der Waals surface area contributed by atoms with Gasteiger partial charge in [0.25, 0.3) is 7.82 Å². The molecule has 0 aliphatic rings. The summed E-state index contributed by atoms with van der Waals surface area (Å²) in [6.07, 6.45) is 45.3. The molecular formula is C46H82NO8P. The molecule has 0 aliphatic carbocycles. The number of carbonyl (C=O) groups excluding carboxylic acids is 2. The number of nitrogens with zero attached hydrogens (tertiary/aromatic N) is 1. The molecule has 1 unspecified atom stereocenters. The number of carbonyl (C=O) groups is 2. The van der Waals surface area contributed by atoms with Gasteiger partial charge in [-0.25, -0.2) is 0 Å². The summed E-state index contributed by atoms with van der Waals surface area (Å²) in [5.74, 6) is -0.885. The van der Waals surface area contributed by atoms with Gasteiger partial charge in [-0.3, -0.25) is 14.2 Å². The number of unbranched alkanes of at least 4 members (excludes halogenated alkanes) is 15. The first-order valence-corrected chi connectivity index (χ1v) is 23.5. The molecule has 0 saturated carbocycles. The third kappa shape index (κ3) is 41.3. The SMILES string of the molecule is CCCCC/C=C/C/C=C/C/C=C/C/C=C/CCCCCC(=O)O[C@H](COC(=O)CCCCCCC/C=C/CCCCCC)COP(=O)([O-])OCC[N+](C)(C)C. The van der Waals surface area contributed by atoms with E-state index < -0.39 is 32.5 Å². The van der Waals surface area contributed by atoms with Crippen molar-refractivity contribution in [2.45, 2.75) is 174 Å². The number of rotatable bonds is 39. The van der Waals surface area contributed by atoms with Crippen LogP contribution < -0.4 is 4.89 Å². The van der Waals surface area contributed by atoms with Gasteiger partial charge in [0.1, 0.15) is 19.8 Å². The molecule has 0 aromatic rings. The van der Waals surface area contributed by atoms with Crippen molar-refractivity contribution in [3.05, 3.63) is 60.8 Å². The van der Waals surface area contributed by atoms with Gasteiger partial charge in [0.2, 0.25) is 0 Å². The number of likely N-dealkylation sites (N-methyl/N-ethyl adjacent to an activating group) is 1. The summed E-state index contributed by atoms with van der Waals surface area (Å²) in [5, 5.41) is 0. The maximum Gasteiger partial charge on any atom is 0.306 e. The lowest BCUT2D eigenvalue weighted by Crippen LogP contribution is -2.37. The fourth-order valence-corrected chi connectivity index (χ4v) is 6.24. The van der Waals surface area contributed by atoms with Crippen molar-refractivity contribution in [2.75, 3.05) is 47.5 Å². The van der Waals surface area contributed by atoms with Crippen LogP contribution in [0.15, 0.2) is 60.8 Å². The first-order chi connectivity index (χ1) is 27.0. The van der Waals surface area contributed by atoms with Crippen molar-refractivity contribution in [3.8, 4) is 0 Å². The van der Waals surface area contributed by atoms with E-state index in [0.29, 0.717) is 23.9 Å². The molecule has 324 valence electrons. The van der Waals surface area contributed by atoms with E-state index >= 15 is 0 Å². The highest BCUT2D eigenvalue weighted by molar-refractivity contribution is 7.45. The molecule has 0 amide bonds. The fourth-order valence-electron chi connectivity index (χ4n) is 5.51. The summed E-state index contributed by atoms with van der Waals surface area (Å²) in [4.78, 5) is 37.5. The summed E-state index contributed by atoms with van der Waals surface area (Å²) in [5.41, 5.74) is 0. The predicted octanol–water partition coefficient (Wildman–Crippen LogP) is 11.8. The summed E-state index contributed by atoms with van der Waals surface area (Å²) in [7, 11) is 1.13. The minimum Gasteiger partial charge on any atom is -0.756 e. The zero-order chi connectivity index (χ0) is 41.4. The fraction of sp³-hybridized carbons (Fsp3) is 0.739. The molecule has 56 heavy (non-hydrogen) atoms. The van der Waals surface area contributed by atoms with Gasteiger partial charge in [-0.1, -0.05) is 132 Å². The molecule has 0 bridgehead atoms. The Morgan fingerprint density at radius 3 is 1.50 bits per heavy atom. The van der Waals surface area contributed by atoms with E-state index in [4.69, 9.17) is 18.5 Å². The molecule has 0 heterocycles. The van der Waals surface area contributed by atoms with Gasteiger partial charge in [0.05, 0.1) is 27.7 Å². The Bertz CT molecular complexity index is 1140. The molecule has 0 N–H and O–H groups in total. The largest absolute Gasteiger partial charge is 0.756 e. The Labute approximate surface area is 343 Å². The average Bonchev–Trinajstić information content (AvgIpc) is 3.15. The third-order valence-electron chi connectivity index (χ3n) is 9.01. The number of hydrogen-bond donors (Lipinski definition) is 0. The molecule has 0 aromatic heterocycles. The van der Waals surface area contributed by atoms with Crippen molar-refractivity contribution in [2.24, 2.45) is 0 Å². The lowest BCUT2D eigenvalue weighted by atomic mass is 10.1. The topological polar surface area (TPSA) is 111 Å². The van der Waals surface area contributed by atoms with Gasteiger partial charge < -0.3 is 27.9 Å². The highest BCUT2D eigenvalue weighted by atomic mass is 31.2. The van der Waals surface area contributed by atoms with E-state index in [-0.39, 0.29) is 26.1 Å². The van der Waals surface area contributed by atoms with Gasteiger partial charge in [0, 0.05) is 12.8 Å². The average molecular weight is 808 g/mol. The van der Waals surface area contributed by atoms with Crippen molar-refractivity contribution in [1.29, 1.82) is 0 Å². The Morgan fingerprint density at radius 2 is 0.964 bits per heavy atom. The molecule has 0 saturated heterocycles. The normalized spacial score (nSPS) is 14.2. The van der Waals surface area contributed by atoms with Crippen LogP contribution in [0.2, 0.25) is 0 Å². The standard InChI is InChI=1S/C46H82NO8P/c1-6-8-10-12-14-16-18-20-21-22-23-24-25-27-29-31-33-35-37-39-46(49)55-44(43-54-56(50,51)53-41-40-47(3,4)5)42-52-45(48)38-36-34-32-30-28-26-19-17-15-13-11-9-7-2/h14,16-17,19-21,23-24,27,29,44H,6-13,15,18,22,25-26,28,30-43H2,1-5H3/b16-14+,19-17+,21-20+,24-23+,29-27+/t44-/m1/s1. The first kappa shape index (κ1) is 53.7. The number of allylic oxidation sites excluding steroid dienone is 10. The lowest BCUT2D eigenvalue weighted by molar-refractivity contribution is -0.870. The predicted molar refractivity (Wildman–Crippen MR) is 231 cm³/mol. The van der Waals surface area contributed by atoms with Crippen molar-refractivity contribution in [1.82, 2.24) is 0 Å². The number of hydrogen-bond acceptors (Lipinski definition) is 8. The molecule has 0 fully saturated rings. The van der Waals surface area contributed by atoms with Gasteiger partial charge in [-0.05, 0) is 83.5 Å². The maximum absolute atomic E-state index is 12.7. The van der Waals surface area contributed by atoms with Crippen LogP contribution in [0.5, 0.6) is 0 Å². The second kappa shape index (κ2) is 38.2. The second-order valence-electron chi connectivity index (χ2n) is 15.7. The summed E-state index contributed by atoms with van der Waals surface area (Å²) >= 11 is 0. The number of ether oxygens (including phenoxy) is 2.